The van der Waals surface area contributed by atoms with E-state index in [1.54, 1.807) is 6.07 Å². The van der Waals surface area contributed by atoms with Crippen LogP contribution in [0.25, 0.3) is 6.08 Å². The van der Waals surface area contributed by atoms with Crippen LogP contribution in [-0.4, -0.2) is 23.9 Å². The molecule has 1 aromatic carbocycles. The standard InChI is InChI=1S/C13H14NO6P/c1-10(15)13(21(18)19-6-3-7-20-21)9-11-4-2-5-12(8-11)14(16)17/h2,4-5,8-9H,3,6-7H2,1H3/b13-9+. The van der Waals surface area contributed by atoms with Crippen LogP contribution in [0.15, 0.2) is 29.6 Å². The molecule has 0 amide bonds. The maximum absolute atomic E-state index is 12.5. The number of non-ortho nitro benzene ring substituents is 1. The minimum Gasteiger partial charge on any atom is -0.305 e. The summed E-state index contributed by atoms with van der Waals surface area (Å²) in [5.41, 5.74) is 0.276. The molecule has 0 atom stereocenters. The smallest absolute Gasteiger partial charge is 0.305 e. The van der Waals surface area contributed by atoms with Crippen molar-refractivity contribution < 1.29 is 23.3 Å². The summed E-state index contributed by atoms with van der Waals surface area (Å²) in [5, 5.41) is 10.7. The second-order valence-electron chi connectivity index (χ2n) is 4.46. The summed E-state index contributed by atoms with van der Waals surface area (Å²) in [4.78, 5) is 21.9. The van der Waals surface area contributed by atoms with Crippen molar-refractivity contribution in [2.45, 2.75) is 13.3 Å². The highest BCUT2D eigenvalue weighted by atomic mass is 31.2. The number of ketones is 1. The molecule has 0 N–H and O–H groups in total. The lowest BCUT2D eigenvalue weighted by molar-refractivity contribution is -0.384. The Morgan fingerprint density at radius 3 is 2.62 bits per heavy atom. The first-order valence-electron chi connectivity index (χ1n) is 6.29. The van der Waals surface area contributed by atoms with Gasteiger partial charge < -0.3 is 9.05 Å². The summed E-state index contributed by atoms with van der Waals surface area (Å²) in [6, 6.07) is 5.69. The summed E-state index contributed by atoms with van der Waals surface area (Å²) < 4.78 is 22.8. The molecule has 1 saturated heterocycles. The lowest BCUT2D eigenvalue weighted by Gasteiger charge is -2.23. The second-order valence-corrected chi connectivity index (χ2v) is 6.45. The largest absolute Gasteiger partial charge is 0.364 e. The zero-order valence-electron chi connectivity index (χ0n) is 11.4. The van der Waals surface area contributed by atoms with Gasteiger partial charge in [0.2, 0.25) is 0 Å². The summed E-state index contributed by atoms with van der Waals surface area (Å²) in [6.45, 7) is 1.75. The molecule has 0 aliphatic carbocycles. The fraction of sp³-hybridized carbons (Fsp3) is 0.308. The van der Waals surface area contributed by atoms with Gasteiger partial charge in [0.05, 0.1) is 18.1 Å². The van der Waals surface area contributed by atoms with E-state index in [0.717, 1.165) is 0 Å². The Hall–Kier alpha value is -1.82. The molecule has 0 aromatic heterocycles. The Labute approximate surface area is 121 Å². The van der Waals surface area contributed by atoms with Gasteiger partial charge in [-0.2, -0.15) is 0 Å². The number of nitro benzene ring substituents is 1. The zero-order chi connectivity index (χ0) is 15.5. The molecule has 0 unspecified atom stereocenters. The summed E-state index contributed by atoms with van der Waals surface area (Å²) >= 11 is 0. The Morgan fingerprint density at radius 1 is 1.38 bits per heavy atom. The number of Topliss-reactive ketones (excluding diaryl/α,β-unsaturated/α-hetero) is 1. The van der Waals surface area contributed by atoms with Crippen molar-refractivity contribution in [1.82, 2.24) is 0 Å². The molecule has 1 aromatic rings. The summed E-state index contributed by atoms with van der Waals surface area (Å²) in [7, 11) is -3.64. The van der Waals surface area contributed by atoms with E-state index in [4.69, 9.17) is 9.05 Å². The molecule has 1 fully saturated rings. The van der Waals surface area contributed by atoms with E-state index in [0.29, 0.717) is 12.0 Å². The highest BCUT2D eigenvalue weighted by Crippen LogP contribution is 2.58. The quantitative estimate of drug-likeness (QED) is 0.367. The van der Waals surface area contributed by atoms with Gasteiger partial charge in [0.1, 0.15) is 5.31 Å². The maximum atomic E-state index is 12.5. The molecule has 2 rings (SSSR count). The number of hydrogen-bond donors (Lipinski definition) is 0. The van der Waals surface area contributed by atoms with Gasteiger partial charge in [-0.25, -0.2) is 0 Å². The number of carbonyl (C=O) groups is 1. The average Bonchev–Trinajstić information content (AvgIpc) is 2.45. The number of rotatable bonds is 4. The van der Waals surface area contributed by atoms with Crippen molar-refractivity contribution in [2.75, 3.05) is 13.2 Å². The normalized spacial score (nSPS) is 18.2. The topological polar surface area (TPSA) is 95.7 Å². The molecule has 112 valence electrons. The summed E-state index contributed by atoms with van der Waals surface area (Å²) in [6.07, 6.45) is 1.92. The average molecular weight is 311 g/mol. The van der Waals surface area contributed by atoms with E-state index in [1.807, 2.05) is 0 Å². The first kappa shape index (κ1) is 15.6. The molecule has 0 saturated carbocycles. The Bertz CT molecular complexity index is 644. The van der Waals surface area contributed by atoms with E-state index in [9.17, 15) is 19.5 Å². The molecule has 0 radical (unpaired) electrons. The predicted molar refractivity (Wildman–Crippen MR) is 75.9 cm³/mol. The highest BCUT2D eigenvalue weighted by Gasteiger charge is 2.35. The van der Waals surface area contributed by atoms with Crippen molar-refractivity contribution in [1.29, 1.82) is 0 Å². The van der Waals surface area contributed by atoms with Crippen LogP contribution in [0.1, 0.15) is 18.9 Å². The van der Waals surface area contributed by atoms with Gasteiger partial charge in [0, 0.05) is 12.1 Å². The number of benzene rings is 1. The lowest BCUT2D eigenvalue weighted by atomic mass is 10.2. The van der Waals surface area contributed by atoms with Gasteiger partial charge in [-0.3, -0.25) is 19.5 Å². The van der Waals surface area contributed by atoms with Crippen molar-refractivity contribution in [3.05, 3.63) is 45.3 Å². The number of allylic oxidation sites excluding steroid dienone is 1. The molecule has 8 heteroatoms. The molecule has 21 heavy (non-hydrogen) atoms. The molecule has 1 aliphatic heterocycles. The van der Waals surface area contributed by atoms with Gasteiger partial charge in [0.25, 0.3) is 5.69 Å². The molecule has 0 bridgehead atoms. The van der Waals surface area contributed by atoms with Crippen molar-refractivity contribution >= 4 is 25.1 Å². The number of carbonyl (C=O) groups excluding carboxylic acids is 1. The van der Waals surface area contributed by atoms with Crippen LogP contribution in [-0.2, 0) is 18.4 Å². The van der Waals surface area contributed by atoms with Gasteiger partial charge in [-0.05, 0) is 25.0 Å². The van der Waals surface area contributed by atoms with E-state index in [2.05, 4.69) is 0 Å². The zero-order valence-corrected chi connectivity index (χ0v) is 12.2. The first-order chi connectivity index (χ1) is 9.92. The molecular weight excluding hydrogens is 297 g/mol. The third-order valence-corrected chi connectivity index (χ3v) is 4.93. The maximum Gasteiger partial charge on any atom is 0.364 e. The SMILES string of the molecule is CC(=O)/C(=C\c1cccc([N+](=O)[O-])c1)P1(=O)OCCCO1. The first-order valence-corrected chi connectivity index (χ1v) is 7.83. The van der Waals surface area contributed by atoms with Gasteiger partial charge in [-0.1, -0.05) is 12.1 Å². The Kier molecular flexibility index (Phi) is 4.67. The fourth-order valence-corrected chi connectivity index (χ4v) is 3.65. The van der Waals surface area contributed by atoms with E-state index < -0.39 is 18.3 Å². The Morgan fingerprint density at radius 2 is 2.05 bits per heavy atom. The van der Waals surface area contributed by atoms with Crippen LogP contribution >= 0.6 is 7.60 Å². The van der Waals surface area contributed by atoms with Crippen LogP contribution in [0.4, 0.5) is 5.69 Å². The predicted octanol–water partition coefficient (Wildman–Crippen LogP) is 3.15. The van der Waals surface area contributed by atoms with Crippen molar-refractivity contribution in [2.24, 2.45) is 0 Å². The van der Waals surface area contributed by atoms with Crippen molar-refractivity contribution in [3.63, 3.8) is 0 Å². The number of nitro groups is 1. The second kappa shape index (κ2) is 6.30. The number of nitrogens with zero attached hydrogens (tertiary/aromatic N) is 1. The van der Waals surface area contributed by atoms with E-state index >= 15 is 0 Å². The molecule has 0 spiro atoms. The lowest BCUT2D eigenvalue weighted by Crippen LogP contribution is -2.12. The third-order valence-electron chi connectivity index (χ3n) is 2.85. The minimum absolute atomic E-state index is 0.0947. The van der Waals surface area contributed by atoms with Crippen LogP contribution < -0.4 is 0 Å². The van der Waals surface area contributed by atoms with Crippen LogP contribution in [0.3, 0.4) is 0 Å². The van der Waals surface area contributed by atoms with Crippen LogP contribution in [0.2, 0.25) is 0 Å². The van der Waals surface area contributed by atoms with Crippen LogP contribution in [0.5, 0.6) is 0 Å². The van der Waals surface area contributed by atoms with Gasteiger partial charge in [-0.15, -0.1) is 0 Å². The van der Waals surface area contributed by atoms with E-state index in [1.165, 1.54) is 31.2 Å². The summed E-state index contributed by atoms with van der Waals surface area (Å²) in [5.74, 6) is -0.452. The highest BCUT2D eigenvalue weighted by molar-refractivity contribution is 7.60. The molecular formula is C13H14NO6P. The molecule has 1 heterocycles. The molecule has 1 aliphatic rings. The third kappa shape index (κ3) is 3.64. The van der Waals surface area contributed by atoms with Crippen LogP contribution in [0, 0.1) is 10.1 Å². The monoisotopic (exact) mass is 311 g/mol. The Balaban J connectivity index is 2.42. The minimum atomic E-state index is -3.64. The molecule has 7 nitrogen and oxygen atoms in total. The van der Waals surface area contributed by atoms with Crippen molar-refractivity contribution in [3.8, 4) is 0 Å². The van der Waals surface area contributed by atoms with Gasteiger partial charge >= 0.3 is 7.60 Å². The fourth-order valence-electron chi connectivity index (χ4n) is 1.86. The number of hydrogen-bond acceptors (Lipinski definition) is 6. The van der Waals surface area contributed by atoms with E-state index in [-0.39, 0.29) is 24.2 Å². The van der Waals surface area contributed by atoms with Gasteiger partial charge in [0.15, 0.2) is 5.78 Å².